The summed E-state index contributed by atoms with van der Waals surface area (Å²) in [7, 11) is -2.15. The fraction of sp³-hybridized carbons (Fsp3) is 0.500. The minimum absolute atomic E-state index is 0.0920. The number of carbonyl (C=O) groups excluding carboxylic acids is 1. The van der Waals surface area contributed by atoms with Gasteiger partial charge in [0.2, 0.25) is 15.9 Å². The van der Waals surface area contributed by atoms with Crippen molar-refractivity contribution >= 4 is 21.6 Å². The largest absolute Gasteiger partial charge is 0.326 e. The van der Waals surface area contributed by atoms with Crippen LogP contribution >= 0.6 is 0 Å². The van der Waals surface area contributed by atoms with Crippen LogP contribution in [-0.4, -0.2) is 21.4 Å². The van der Waals surface area contributed by atoms with Crippen LogP contribution in [0.15, 0.2) is 23.1 Å². The highest BCUT2D eigenvalue weighted by atomic mass is 32.2. The molecule has 0 heterocycles. The van der Waals surface area contributed by atoms with Crippen LogP contribution in [0.3, 0.4) is 0 Å². The minimum Gasteiger partial charge on any atom is -0.326 e. The molecule has 0 saturated carbocycles. The molecule has 1 atom stereocenters. The smallest absolute Gasteiger partial charge is 0.240 e. The molecule has 1 rings (SSSR count). The molecule has 1 amide bonds. The summed E-state index contributed by atoms with van der Waals surface area (Å²) in [5.74, 6) is -0.186. The third kappa shape index (κ3) is 4.05. The predicted octanol–water partition coefficient (Wildman–Crippen LogP) is 2.28. The van der Waals surface area contributed by atoms with E-state index in [4.69, 9.17) is 0 Å². The fourth-order valence-electron chi connectivity index (χ4n) is 1.91. The quantitative estimate of drug-likeness (QED) is 0.846. The number of carbonyl (C=O) groups is 1. The Balaban J connectivity index is 3.00. The summed E-state index contributed by atoms with van der Waals surface area (Å²) < 4.78 is 26.0. The van der Waals surface area contributed by atoms with Crippen LogP contribution in [0.4, 0.5) is 5.69 Å². The van der Waals surface area contributed by atoms with Crippen molar-refractivity contribution in [2.24, 2.45) is 5.92 Å². The van der Waals surface area contributed by atoms with Crippen LogP contribution in [0.25, 0.3) is 0 Å². The van der Waals surface area contributed by atoms with E-state index in [0.29, 0.717) is 11.3 Å². The summed E-state index contributed by atoms with van der Waals surface area (Å²) in [6, 6.07) is 4.88. The number of aryl methyl sites for hydroxylation is 1. The third-order valence-electron chi connectivity index (χ3n) is 3.18. The molecule has 0 aliphatic rings. The van der Waals surface area contributed by atoms with Gasteiger partial charge in [-0.3, -0.25) is 4.79 Å². The number of rotatable bonds is 6. The first-order valence-electron chi connectivity index (χ1n) is 6.67. The van der Waals surface area contributed by atoms with Gasteiger partial charge in [0, 0.05) is 11.6 Å². The van der Waals surface area contributed by atoms with E-state index < -0.39 is 10.0 Å². The van der Waals surface area contributed by atoms with Gasteiger partial charge in [-0.1, -0.05) is 26.3 Å². The Labute approximate surface area is 120 Å². The Hall–Kier alpha value is -1.40. The van der Waals surface area contributed by atoms with Gasteiger partial charge >= 0.3 is 0 Å². The van der Waals surface area contributed by atoms with Gasteiger partial charge in [-0.25, -0.2) is 13.1 Å². The van der Waals surface area contributed by atoms with Crippen LogP contribution in [-0.2, 0) is 14.8 Å². The minimum atomic E-state index is -3.52. The van der Waals surface area contributed by atoms with Gasteiger partial charge in [0.25, 0.3) is 0 Å². The lowest BCUT2D eigenvalue weighted by Crippen LogP contribution is -2.22. The number of hydrogen-bond acceptors (Lipinski definition) is 3. The third-order valence-corrected chi connectivity index (χ3v) is 4.74. The summed E-state index contributed by atoms with van der Waals surface area (Å²) in [6.07, 6.45) is 1.74. The van der Waals surface area contributed by atoms with Crippen LogP contribution < -0.4 is 10.0 Å². The highest BCUT2D eigenvalue weighted by molar-refractivity contribution is 7.89. The summed E-state index contributed by atoms with van der Waals surface area (Å²) >= 11 is 0. The van der Waals surface area contributed by atoms with E-state index in [2.05, 4.69) is 10.0 Å². The Bertz CT molecular complexity index is 582. The van der Waals surface area contributed by atoms with E-state index in [1.54, 1.807) is 19.1 Å². The monoisotopic (exact) mass is 298 g/mol. The highest BCUT2D eigenvalue weighted by Crippen LogP contribution is 2.20. The number of benzene rings is 1. The molecule has 0 fully saturated rings. The molecule has 5 nitrogen and oxygen atoms in total. The maximum Gasteiger partial charge on any atom is 0.240 e. The Morgan fingerprint density at radius 2 is 2.00 bits per heavy atom. The van der Waals surface area contributed by atoms with Crippen LogP contribution in [0.5, 0.6) is 0 Å². The summed E-state index contributed by atoms with van der Waals surface area (Å²) in [4.78, 5) is 12.1. The summed E-state index contributed by atoms with van der Waals surface area (Å²) in [6.45, 7) is 5.60. The van der Waals surface area contributed by atoms with E-state index in [9.17, 15) is 13.2 Å². The van der Waals surface area contributed by atoms with Crippen molar-refractivity contribution in [2.75, 3.05) is 12.4 Å². The Morgan fingerprint density at radius 3 is 2.55 bits per heavy atom. The summed E-state index contributed by atoms with van der Waals surface area (Å²) in [5.41, 5.74) is 1.14. The van der Waals surface area contributed by atoms with E-state index in [1.807, 2.05) is 13.8 Å². The van der Waals surface area contributed by atoms with E-state index in [-0.39, 0.29) is 16.7 Å². The molecule has 6 heteroatoms. The van der Waals surface area contributed by atoms with Crippen molar-refractivity contribution in [1.82, 2.24) is 4.72 Å². The first-order valence-corrected chi connectivity index (χ1v) is 8.15. The molecule has 1 aromatic rings. The average molecular weight is 298 g/mol. The van der Waals surface area contributed by atoms with Gasteiger partial charge in [0.15, 0.2) is 0 Å². The molecular weight excluding hydrogens is 276 g/mol. The lowest BCUT2D eigenvalue weighted by molar-refractivity contribution is -0.119. The number of anilines is 1. The second-order valence-electron chi connectivity index (χ2n) is 4.87. The molecule has 20 heavy (non-hydrogen) atoms. The fourth-order valence-corrected chi connectivity index (χ4v) is 2.90. The molecule has 0 aromatic heterocycles. The standard InChI is InChI=1S/C14H22N2O3S/c1-5-6-11(3)14(17)16-12-8-7-10(2)13(9-12)20(18,19)15-4/h7-9,11,15H,5-6H2,1-4H3,(H,16,17)/t11-/m1/s1. The first kappa shape index (κ1) is 16.7. The molecule has 0 aliphatic heterocycles. The zero-order valence-corrected chi connectivity index (χ0v) is 13.2. The van der Waals surface area contributed by atoms with Crippen molar-refractivity contribution < 1.29 is 13.2 Å². The van der Waals surface area contributed by atoms with Crippen LogP contribution in [0.2, 0.25) is 0 Å². The molecule has 0 spiro atoms. The Kier molecular flexibility index (Phi) is 5.71. The van der Waals surface area contributed by atoms with Gasteiger partial charge in [0.1, 0.15) is 0 Å². The normalized spacial score (nSPS) is 13.0. The van der Waals surface area contributed by atoms with Crippen LogP contribution in [0, 0.1) is 12.8 Å². The molecular formula is C14H22N2O3S. The zero-order chi connectivity index (χ0) is 15.3. The maximum absolute atomic E-state index is 11.9. The van der Waals surface area contributed by atoms with E-state index in [0.717, 1.165) is 12.8 Å². The lowest BCUT2D eigenvalue weighted by atomic mass is 10.1. The van der Waals surface area contributed by atoms with Gasteiger partial charge in [-0.2, -0.15) is 0 Å². The molecule has 0 saturated heterocycles. The van der Waals surface area contributed by atoms with E-state index in [1.165, 1.54) is 13.1 Å². The second-order valence-corrected chi connectivity index (χ2v) is 6.72. The van der Waals surface area contributed by atoms with E-state index >= 15 is 0 Å². The van der Waals surface area contributed by atoms with Crippen molar-refractivity contribution in [1.29, 1.82) is 0 Å². The topological polar surface area (TPSA) is 75.3 Å². The van der Waals surface area contributed by atoms with Crippen molar-refractivity contribution in [3.8, 4) is 0 Å². The number of sulfonamides is 1. The predicted molar refractivity (Wildman–Crippen MR) is 80.1 cm³/mol. The van der Waals surface area contributed by atoms with Crippen molar-refractivity contribution in [3.05, 3.63) is 23.8 Å². The zero-order valence-electron chi connectivity index (χ0n) is 12.4. The SMILES string of the molecule is CCC[C@@H](C)C(=O)Nc1ccc(C)c(S(=O)(=O)NC)c1. The molecule has 112 valence electrons. The molecule has 0 aliphatic carbocycles. The van der Waals surface area contributed by atoms with Gasteiger partial charge < -0.3 is 5.32 Å². The molecule has 2 N–H and O–H groups in total. The van der Waals surface area contributed by atoms with Gasteiger partial charge in [-0.05, 0) is 38.1 Å². The molecule has 0 unspecified atom stereocenters. The van der Waals surface area contributed by atoms with Crippen molar-refractivity contribution in [3.63, 3.8) is 0 Å². The molecule has 0 bridgehead atoms. The first-order chi connectivity index (χ1) is 9.31. The highest BCUT2D eigenvalue weighted by Gasteiger charge is 2.17. The molecule has 0 radical (unpaired) electrons. The van der Waals surface area contributed by atoms with Gasteiger partial charge in [0.05, 0.1) is 4.90 Å². The van der Waals surface area contributed by atoms with Crippen LogP contribution in [0.1, 0.15) is 32.3 Å². The average Bonchev–Trinajstić information content (AvgIpc) is 2.41. The van der Waals surface area contributed by atoms with Gasteiger partial charge in [-0.15, -0.1) is 0 Å². The maximum atomic E-state index is 11.9. The van der Waals surface area contributed by atoms with Crippen molar-refractivity contribution in [2.45, 2.75) is 38.5 Å². The second kappa shape index (κ2) is 6.85. The number of nitrogens with one attached hydrogen (secondary N) is 2. The lowest BCUT2D eigenvalue weighted by Gasteiger charge is -2.13. The number of hydrogen-bond donors (Lipinski definition) is 2. The molecule has 1 aromatic carbocycles. The Morgan fingerprint density at radius 1 is 1.35 bits per heavy atom. The number of amides is 1. The summed E-state index contributed by atoms with van der Waals surface area (Å²) in [5, 5.41) is 2.76.